The smallest absolute Gasteiger partial charge is 0.0474 e. The summed E-state index contributed by atoms with van der Waals surface area (Å²) in [5, 5.41) is 9.14. The minimum Gasteiger partial charge on any atom is -0.396 e. The van der Waals surface area contributed by atoms with Gasteiger partial charge in [-0.3, -0.25) is 0 Å². The van der Waals surface area contributed by atoms with Gasteiger partial charge in [-0.15, -0.1) is 0 Å². The van der Waals surface area contributed by atoms with E-state index in [9.17, 15) is 0 Å². The second-order valence-corrected chi connectivity index (χ2v) is 4.55. The Morgan fingerprint density at radius 2 is 2.08 bits per heavy atom. The summed E-state index contributed by atoms with van der Waals surface area (Å²) in [4.78, 5) is 0. The van der Waals surface area contributed by atoms with E-state index in [0.717, 1.165) is 11.8 Å². The lowest BCUT2D eigenvalue weighted by atomic mass is 9.66. The highest BCUT2D eigenvalue weighted by molar-refractivity contribution is 4.91. The van der Waals surface area contributed by atoms with Gasteiger partial charge < -0.3 is 10.8 Å². The van der Waals surface area contributed by atoms with Crippen molar-refractivity contribution < 1.29 is 5.11 Å². The van der Waals surface area contributed by atoms with Crippen LogP contribution >= 0.6 is 0 Å². The number of fused-ring (bicyclic) bond motifs is 2. The third-order valence-corrected chi connectivity index (χ3v) is 3.78. The molecule has 2 saturated carbocycles. The number of hydrogen-bond acceptors (Lipinski definition) is 2. The lowest BCUT2D eigenvalue weighted by Crippen LogP contribution is -2.46. The Kier molecular flexibility index (Phi) is 2.37. The van der Waals surface area contributed by atoms with Gasteiger partial charge in [0.2, 0.25) is 0 Å². The minimum atomic E-state index is 0.284. The lowest BCUT2D eigenvalue weighted by molar-refractivity contribution is 0.0702. The molecule has 0 radical (unpaired) electrons. The second-order valence-electron chi connectivity index (χ2n) is 4.55. The van der Waals surface area contributed by atoms with Crippen molar-refractivity contribution in [2.24, 2.45) is 23.5 Å². The summed E-state index contributed by atoms with van der Waals surface area (Å²) in [5.74, 6) is 1.99. The van der Waals surface area contributed by atoms with Gasteiger partial charge in [-0.25, -0.2) is 0 Å². The van der Waals surface area contributed by atoms with Gasteiger partial charge >= 0.3 is 0 Å². The average molecular weight is 169 g/mol. The van der Waals surface area contributed by atoms with Crippen LogP contribution in [0.4, 0.5) is 0 Å². The number of aliphatic hydroxyl groups is 1. The van der Waals surface area contributed by atoms with E-state index in [1.54, 1.807) is 0 Å². The van der Waals surface area contributed by atoms with Gasteiger partial charge in [0.25, 0.3) is 0 Å². The first-order valence-corrected chi connectivity index (χ1v) is 5.17. The van der Waals surface area contributed by atoms with Crippen LogP contribution in [0.3, 0.4) is 0 Å². The quantitative estimate of drug-likeness (QED) is 0.618. The fourth-order valence-electron chi connectivity index (χ4n) is 3.06. The van der Waals surface area contributed by atoms with Gasteiger partial charge in [0.1, 0.15) is 0 Å². The molecule has 2 rings (SSSR count). The summed E-state index contributed by atoms with van der Waals surface area (Å²) in [5.41, 5.74) is 6.08. The molecule has 0 aromatic carbocycles. The van der Waals surface area contributed by atoms with Crippen LogP contribution in [-0.4, -0.2) is 17.8 Å². The molecule has 0 aromatic rings. The van der Waals surface area contributed by atoms with E-state index in [0.29, 0.717) is 12.5 Å². The molecule has 0 aliphatic heterocycles. The van der Waals surface area contributed by atoms with E-state index in [1.807, 2.05) is 0 Å². The van der Waals surface area contributed by atoms with Crippen LogP contribution in [0.5, 0.6) is 0 Å². The Hall–Kier alpha value is -0.0800. The average Bonchev–Trinajstić information content (AvgIpc) is 2.12. The summed E-state index contributed by atoms with van der Waals surface area (Å²) in [7, 11) is 0. The van der Waals surface area contributed by atoms with Gasteiger partial charge in [-0.2, -0.15) is 0 Å². The summed E-state index contributed by atoms with van der Waals surface area (Å²) in [6.07, 6.45) is 6.54. The van der Waals surface area contributed by atoms with Crippen molar-refractivity contribution >= 4 is 0 Å². The van der Waals surface area contributed by atoms with Crippen molar-refractivity contribution in [3.63, 3.8) is 0 Å². The Labute approximate surface area is 74.1 Å². The first-order chi connectivity index (χ1) is 5.81. The van der Waals surface area contributed by atoms with Crippen molar-refractivity contribution in [3.05, 3.63) is 0 Å². The molecule has 3 unspecified atom stereocenters. The van der Waals surface area contributed by atoms with E-state index in [-0.39, 0.29) is 6.04 Å². The summed E-state index contributed by atoms with van der Waals surface area (Å²) in [6.45, 7) is 0.300. The minimum absolute atomic E-state index is 0.284. The van der Waals surface area contributed by atoms with E-state index >= 15 is 0 Å². The van der Waals surface area contributed by atoms with Crippen LogP contribution in [0.15, 0.2) is 0 Å². The molecule has 2 fully saturated rings. The van der Waals surface area contributed by atoms with E-state index in [1.165, 1.54) is 32.1 Å². The molecule has 3 N–H and O–H groups in total. The zero-order valence-corrected chi connectivity index (χ0v) is 7.58. The van der Waals surface area contributed by atoms with Gasteiger partial charge in [0, 0.05) is 12.6 Å². The first kappa shape index (κ1) is 8.52. The zero-order valence-electron chi connectivity index (χ0n) is 7.58. The molecule has 0 heterocycles. The second kappa shape index (κ2) is 3.35. The molecule has 0 aromatic heterocycles. The lowest BCUT2D eigenvalue weighted by Gasteiger charge is -2.43. The van der Waals surface area contributed by atoms with Crippen LogP contribution in [0.2, 0.25) is 0 Å². The maximum Gasteiger partial charge on any atom is 0.0474 e. The maximum atomic E-state index is 9.14. The molecule has 0 amide bonds. The molecule has 2 heteroatoms. The van der Waals surface area contributed by atoms with E-state index in [2.05, 4.69) is 0 Å². The summed E-state index contributed by atoms with van der Waals surface area (Å²) >= 11 is 0. The molecule has 0 saturated heterocycles. The van der Waals surface area contributed by atoms with Crippen LogP contribution in [0, 0.1) is 17.8 Å². The number of aliphatic hydroxyl groups excluding tert-OH is 1. The predicted octanol–water partition coefficient (Wildman–Crippen LogP) is 1.13. The highest BCUT2D eigenvalue weighted by Gasteiger charge is 2.37. The Balaban J connectivity index is 2.03. The predicted molar refractivity (Wildman–Crippen MR) is 48.6 cm³/mol. The highest BCUT2D eigenvalue weighted by Crippen LogP contribution is 2.41. The molecular formula is C10H19NO. The van der Waals surface area contributed by atoms with Crippen molar-refractivity contribution in [1.29, 1.82) is 0 Å². The normalized spacial score (nSPS) is 47.5. The fourth-order valence-corrected chi connectivity index (χ4v) is 3.06. The highest BCUT2D eigenvalue weighted by atomic mass is 16.3. The van der Waals surface area contributed by atoms with E-state index < -0.39 is 0 Å². The van der Waals surface area contributed by atoms with Crippen molar-refractivity contribution in [1.82, 2.24) is 0 Å². The number of hydrogen-bond donors (Lipinski definition) is 2. The standard InChI is InChI=1S/C10H19NO/c11-10-8-3-1-2-7(4-8)5-9(10)6-12/h7-10,12H,1-6,11H2/t7?,8?,9?,10-/m0/s1. The van der Waals surface area contributed by atoms with Crippen LogP contribution in [-0.2, 0) is 0 Å². The van der Waals surface area contributed by atoms with Crippen LogP contribution in [0.25, 0.3) is 0 Å². The van der Waals surface area contributed by atoms with Gasteiger partial charge in [0.15, 0.2) is 0 Å². The monoisotopic (exact) mass is 169 g/mol. The third kappa shape index (κ3) is 1.38. The third-order valence-electron chi connectivity index (χ3n) is 3.78. The largest absolute Gasteiger partial charge is 0.396 e. The van der Waals surface area contributed by atoms with Crippen LogP contribution in [0.1, 0.15) is 32.1 Å². The fraction of sp³-hybridized carbons (Fsp3) is 1.00. The molecule has 12 heavy (non-hydrogen) atoms. The van der Waals surface area contributed by atoms with Crippen molar-refractivity contribution in [2.75, 3.05) is 6.61 Å². The molecule has 2 nitrogen and oxygen atoms in total. The topological polar surface area (TPSA) is 46.2 Å². The van der Waals surface area contributed by atoms with Crippen LogP contribution < -0.4 is 5.73 Å². The van der Waals surface area contributed by atoms with Crippen molar-refractivity contribution in [3.8, 4) is 0 Å². The van der Waals surface area contributed by atoms with Gasteiger partial charge in [0.05, 0.1) is 0 Å². The Bertz CT molecular complexity index is 158. The SMILES string of the molecule is N[C@@H]1C(CO)CC2CCCC1C2. The summed E-state index contributed by atoms with van der Waals surface area (Å²) in [6, 6.07) is 0.284. The Morgan fingerprint density at radius 1 is 1.25 bits per heavy atom. The first-order valence-electron chi connectivity index (χ1n) is 5.17. The van der Waals surface area contributed by atoms with Crippen molar-refractivity contribution in [2.45, 2.75) is 38.1 Å². The molecule has 70 valence electrons. The summed E-state index contributed by atoms with van der Waals surface area (Å²) < 4.78 is 0. The molecule has 2 bridgehead atoms. The Morgan fingerprint density at radius 3 is 2.83 bits per heavy atom. The molecular weight excluding hydrogens is 150 g/mol. The molecule has 0 spiro atoms. The van der Waals surface area contributed by atoms with E-state index in [4.69, 9.17) is 10.8 Å². The zero-order chi connectivity index (χ0) is 8.55. The molecule has 4 atom stereocenters. The maximum absolute atomic E-state index is 9.14. The molecule has 2 aliphatic carbocycles. The van der Waals surface area contributed by atoms with Gasteiger partial charge in [-0.1, -0.05) is 12.8 Å². The number of nitrogens with two attached hydrogens (primary N) is 1. The number of rotatable bonds is 1. The van der Waals surface area contributed by atoms with Gasteiger partial charge in [-0.05, 0) is 37.0 Å². The molecule has 2 aliphatic rings.